The second kappa shape index (κ2) is 10.6. The van der Waals surface area contributed by atoms with Gasteiger partial charge < -0.3 is 9.47 Å². The minimum atomic E-state index is -0.522. The number of ether oxygens (including phenoxy) is 2. The van der Waals surface area contributed by atoms with E-state index in [1.807, 2.05) is 0 Å². The Hall–Kier alpha value is -4.04. The van der Waals surface area contributed by atoms with Gasteiger partial charge in [-0.25, -0.2) is 0 Å². The van der Waals surface area contributed by atoms with Gasteiger partial charge in [0.2, 0.25) is 0 Å². The maximum Gasteiger partial charge on any atom is 0.118 e. The third kappa shape index (κ3) is 4.37. The summed E-state index contributed by atoms with van der Waals surface area (Å²) in [4.78, 5) is 0. The van der Waals surface area contributed by atoms with E-state index in [9.17, 15) is 0 Å². The Morgan fingerprint density at radius 1 is 0.581 bits per heavy atom. The van der Waals surface area contributed by atoms with E-state index < -0.39 is 5.41 Å². The zero-order valence-corrected chi connectivity index (χ0v) is 27.0. The number of benzene rings is 5. The highest BCUT2D eigenvalue weighted by atomic mass is 16.5. The minimum Gasteiger partial charge on any atom is -0.497 e. The fourth-order valence-corrected chi connectivity index (χ4v) is 7.03. The van der Waals surface area contributed by atoms with Gasteiger partial charge in [0.05, 0.1) is 19.6 Å². The molecule has 0 atom stereocenters. The molecule has 2 heteroatoms. The molecular weight excluding hydrogens is 524 g/mol. The first-order chi connectivity index (χ1) is 20.6. The van der Waals surface area contributed by atoms with Gasteiger partial charge in [-0.3, -0.25) is 0 Å². The third-order valence-electron chi connectivity index (χ3n) is 10.5. The molecule has 220 valence electrons. The summed E-state index contributed by atoms with van der Waals surface area (Å²) in [5.41, 5.74) is 10.1. The lowest BCUT2D eigenvalue weighted by Gasteiger charge is -2.36. The fraction of sp³-hybridized carbons (Fsp3) is 0.317. The lowest BCUT2D eigenvalue weighted by atomic mass is 9.65. The van der Waals surface area contributed by atoms with Gasteiger partial charge in [0.25, 0.3) is 0 Å². The van der Waals surface area contributed by atoms with Crippen molar-refractivity contribution in [3.63, 3.8) is 0 Å². The Morgan fingerprint density at radius 2 is 1.12 bits per heavy atom. The van der Waals surface area contributed by atoms with Crippen molar-refractivity contribution in [3.05, 3.63) is 130 Å². The smallest absolute Gasteiger partial charge is 0.118 e. The average Bonchev–Trinajstić information content (AvgIpc) is 3.35. The third-order valence-corrected chi connectivity index (χ3v) is 10.5. The molecule has 0 fully saturated rings. The van der Waals surface area contributed by atoms with Crippen LogP contribution in [0, 0.1) is 0 Å². The van der Waals surface area contributed by atoms with E-state index >= 15 is 0 Å². The monoisotopic (exact) mass is 568 g/mol. The van der Waals surface area contributed by atoms with E-state index in [-0.39, 0.29) is 10.8 Å². The molecule has 0 bridgehead atoms. The Bertz CT molecular complexity index is 1740. The molecule has 0 saturated carbocycles. The highest BCUT2D eigenvalue weighted by molar-refractivity contribution is 6.05. The van der Waals surface area contributed by atoms with Crippen molar-refractivity contribution in [1.29, 1.82) is 0 Å². The quantitative estimate of drug-likeness (QED) is 0.182. The molecule has 43 heavy (non-hydrogen) atoms. The molecule has 0 spiro atoms. The molecule has 1 aliphatic rings. The van der Waals surface area contributed by atoms with Crippen LogP contribution in [0.1, 0.15) is 87.8 Å². The van der Waals surface area contributed by atoms with Gasteiger partial charge in [0, 0.05) is 0 Å². The lowest BCUT2D eigenvalue weighted by molar-refractivity contribution is 0.414. The van der Waals surface area contributed by atoms with Crippen LogP contribution in [0.25, 0.3) is 21.9 Å². The van der Waals surface area contributed by atoms with Crippen LogP contribution < -0.4 is 9.47 Å². The highest BCUT2D eigenvalue weighted by Crippen LogP contribution is 2.59. The summed E-state index contributed by atoms with van der Waals surface area (Å²) in [6.07, 6.45) is 2.12. The SMILES string of the molecule is CCC(C)(C)c1ccc2c(c1)C(c1ccc(OC)cc1)(c1ccc(OC)cc1)c1cc(C(C)(C)CC)c3ccccc3c1-2. The van der Waals surface area contributed by atoms with Crippen LogP contribution in [0.4, 0.5) is 0 Å². The molecule has 1 aliphatic carbocycles. The van der Waals surface area contributed by atoms with Gasteiger partial charge in [0.15, 0.2) is 0 Å². The van der Waals surface area contributed by atoms with E-state index in [4.69, 9.17) is 9.47 Å². The summed E-state index contributed by atoms with van der Waals surface area (Å²) in [7, 11) is 3.47. The van der Waals surface area contributed by atoms with Gasteiger partial charge in [-0.05, 0) is 103 Å². The van der Waals surface area contributed by atoms with Crippen LogP contribution in [0.5, 0.6) is 11.5 Å². The number of methoxy groups -OCH3 is 2. The normalized spacial score (nSPS) is 14.0. The van der Waals surface area contributed by atoms with Crippen LogP contribution in [0.15, 0.2) is 97.1 Å². The van der Waals surface area contributed by atoms with Gasteiger partial charge in [0.1, 0.15) is 11.5 Å². The summed E-state index contributed by atoms with van der Waals surface area (Å²) in [6, 6.07) is 36.3. The van der Waals surface area contributed by atoms with Gasteiger partial charge in [-0.15, -0.1) is 0 Å². The number of hydrogen-bond acceptors (Lipinski definition) is 2. The summed E-state index contributed by atoms with van der Waals surface area (Å²) >= 11 is 0. The summed E-state index contributed by atoms with van der Waals surface area (Å²) in [5.74, 6) is 1.72. The molecule has 0 heterocycles. The molecule has 0 aromatic heterocycles. The molecule has 5 aromatic rings. The zero-order valence-electron chi connectivity index (χ0n) is 27.0. The van der Waals surface area contributed by atoms with Crippen molar-refractivity contribution in [1.82, 2.24) is 0 Å². The van der Waals surface area contributed by atoms with E-state index in [2.05, 4.69) is 139 Å². The zero-order chi connectivity index (χ0) is 30.6. The molecule has 0 unspecified atom stereocenters. The van der Waals surface area contributed by atoms with Crippen LogP contribution in [-0.4, -0.2) is 14.2 Å². The second-order valence-electron chi connectivity index (χ2n) is 13.3. The standard InChI is InChI=1S/C41H44O2/c1-9-39(3,4)29-19-24-34-36(25-29)41(27-15-20-30(42-7)21-16-27,28-17-22-31(43-8)23-18-28)37-26-35(40(5,6)10-2)32-13-11-12-14-33(32)38(34)37/h11-26H,9-10H2,1-8H3. The van der Waals surface area contributed by atoms with Crippen LogP contribution in [0.3, 0.4) is 0 Å². The Labute approximate surface area is 257 Å². The van der Waals surface area contributed by atoms with Crippen LogP contribution in [0.2, 0.25) is 0 Å². The van der Waals surface area contributed by atoms with E-state index in [1.54, 1.807) is 14.2 Å². The van der Waals surface area contributed by atoms with Crippen molar-refractivity contribution in [3.8, 4) is 22.6 Å². The first-order valence-corrected chi connectivity index (χ1v) is 15.6. The molecular formula is C41H44O2. The fourth-order valence-electron chi connectivity index (χ4n) is 7.03. The van der Waals surface area contributed by atoms with Crippen molar-refractivity contribution in [2.24, 2.45) is 0 Å². The average molecular weight is 569 g/mol. The predicted octanol–water partition coefficient (Wildman–Crippen LogP) is 10.6. The largest absolute Gasteiger partial charge is 0.497 e. The van der Waals surface area contributed by atoms with Gasteiger partial charge in [-0.1, -0.05) is 114 Å². The number of rotatable bonds is 8. The lowest BCUT2D eigenvalue weighted by Crippen LogP contribution is -2.30. The number of hydrogen-bond donors (Lipinski definition) is 0. The van der Waals surface area contributed by atoms with Crippen molar-refractivity contribution in [2.45, 2.75) is 70.6 Å². The molecule has 0 radical (unpaired) electrons. The highest BCUT2D eigenvalue weighted by Gasteiger charge is 2.48. The maximum absolute atomic E-state index is 5.64. The van der Waals surface area contributed by atoms with Gasteiger partial charge in [-0.2, -0.15) is 0 Å². The molecule has 5 aromatic carbocycles. The Balaban J connectivity index is 1.84. The van der Waals surface area contributed by atoms with E-state index in [1.165, 1.54) is 55.3 Å². The molecule has 0 aliphatic heterocycles. The Kier molecular flexibility index (Phi) is 7.16. The molecule has 0 amide bonds. The molecule has 6 rings (SSSR count). The summed E-state index contributed by atoms with van der Waals surface area (Å²) in [6.45, 7) is 14.1. The van der Waals surface area contributed by atoms with Crippen molar-refractivity contribution in [2.75, 3.05) is 14.2 Å². The molecule has 0 N–H and O–H groups in total. The first-order valence-electron chi connectivity index (χ1n) is 15.6. The van der Waals surface area contributed by atoms with Crippen LogP contribution >= 0.6 is 0 Å². The van der Waals surface area contributed by atoms with Crippen molar-refractivity contribution >= 4 is 10.8 Å². The number of fused-ring (bicyclic) bond motifs is 5. The summed E-state index contributed by atoms with van der Waals surface area (Å²) < 4.78 is 11.3. The topological polar surface area (TPSA) is 18.5 Å². The maximum atomic E-state index is 5.64. The summed E-state index contributed by atoms with van der Waals surface area (Å²) in [5, 5.41) is 2.67. The molecule has 0 saturated heterocycles. The predicted molar refractivity (Wildman–Crippen MR) is 181 cm³/mol. The van der Waals surface area contributed by atoms with Crippen molar-refractivity contribution < 1.29 is 9.47 Å². The molecule has 2 nitrogen and oxygen atoms in total. The van der Waals surface area contributed by atoms with E-state index in [0.29, 0.717) is 0 Å². The second-order valence-corrected chi connectivity index (χ2v) is 13.3. The van der Waals surface area contributed by atoms with Crippen LogP contribution in [-0.2, 0) is 16.2 Å². The first kappa shape index (κ1) is 29.1. The van der Waals surface area contributed by atoms with Gasteiger partial charge >= 0.3 is 0 Å². The minimum absolute atomic E-state index is 0.00429. The Morgan fingerprint density at radius 3 is 1.63 bits per heavy atom. The van der Waals surface area contributed by atoms with E-state index in [0.717, 1.165) is 24.3 Å².